The Labute approximate surface area is 112 Å². The van der Waals surface area contributed by atoms with Crippen LogP contribution in [0, 0.1) is 0 Å². The number of nitrogens with zero attached hydrogens (tertiary/aromatic N) is 4. The molecule has 1 atom stereocenters. The van der Waals surface area contributed by atoms with Gasteiger partial charge in [0.25, 0.3) is 0 Å². The fraction of sp³-hybridized carbons (Fsp3) is 0.357. The van der Waals surface area contributed by atoms with Crippen LogP contribution in [0.1, 0.15) is 20.8 Å². The van der Waals surface area contributed by atoms with Gasteiger partial charge >= 0.3 is 0 Å². The van der Waals surface area contributed by atoms with Crippen molar-refractivity contribution in [1.29, 1.82) is 0 Å². The predicted molar refractivity (Wildman–Crippen MR) is 73.0 cm³/mol. The van der Waals surface area contributed by atoms with E-state index in [1.165, 1.54) is 0 Å². The zero-order valence-corrected chi connectivity index (χ0v) is 11.2. The highest BCUT2D eigenvalue weighted by molar-refractivity contribution is 5.61. The lowest BCUT2D eigenvalue weighted by atomic mass is 10.3. The second-order valence-corrected chi connectivity index (χ2v) is 4.81. The molecule has 5 heteroatoms. The van der Waals surface area contributed by atoms with Crippen LogP contribution in [0.2, 0.25) is 0 Å². The molecule has 98 valence electrons. The zero-order chi connectivity index (χ0) is 13.4. The number of rotatable bonds is 2. The topological polar surface area (TPSA) is 51.1 Å². The summed E-state index contributed by atoms with van der Waals surface area (Å²) in [4.78, 5) is 15.3. The summed E-state index contributed by atoms with van der Waals surface area (Å²) >= 11 is 0. The SMILES string of the molecule is CC(C)N1c2nc(-c3ccccn3)ncc2OC1C. The van der Waals surface area contributed by atoms with Gasteiger partial charge in [0.05, 0.1) is 6.20 Å². The largest absolute Gasteiger partial charge is 0.465 e. The van der Waals surface area contributed by atoms with E-state index in [1.54, 1.807) is 12.4 Å². The lowest BCUT2D eigenvalue weighted by molar-refractivity contribution is 0.237. The highest BCUT2D eigenvalue weighted by Crippen LogP contribution is 2.36. The van der Waals surface area contributed by atoms with E-state index < -0.39 is 0 Å². The van der Waals surface area contributed by atoms with E-state index in [0.29, 0.717) is 11.9 Å². The van der Waals surface area contributed by atoms with Crippen molar-refractivity contribution < 1.29 is 4.74 Å². The van der Waals surface area contributed by atoms with E-state index in [1.807, 2.05) is 25.1 Å². The first kappa shape index (κ1) is 11.9. The third-order valence-corrected chi connectivity index (χ3v) is 3.12. The molecule has 0 saturated heterocycles. The third kappa shape index (κ3) is 2.01. The van der Waals surface area contributed by atoms with Crippen molar-refractivity contribution in [3.8, 4) is 17.3 Å². The average molecular weight is 256 g/mol. The number of aromatic nitrogens is 3. The van der Waals surface area contributed by atoms with Gasteiger partial charge in [-0.2, -0.15) is 0 Å². The summed E-state index contributed by atoms with van der Waals surface area (Å²) in [5.74, 6) is 2.21. The lowest BCUT2D eigenvalue weighted by Gasteiger charge is -2.25. The molecule has 0 spiro atoms. The van der Waals surface area contributed by atoms with Crippen molar-refractivity contribution in [2.24, 2.45) is 0 Å². The van der Waals surface area contributed by atoms with Gasteiger partial charge in [0.2, 0.25) is 0 Å². The van der Waals surface area contributed by atoms with Crippen LogP contribution in [0.25, 0.3) is 11.5 Å². The summed E-state index contributed by atoms with van der Waals surface area (Å²) in [5.41, 5.74) is 0.772. The first-order chi connectivity index (χ1) is 9.16. The molecule has 0 amide bonds. The third-order valence-electron chi connectivity index (χ3n) is 3.12. The Balaban J connectivity index is 2.05. The summed E-state index contributed by atoms with van der Waals surface area (Å²) < 4.78 is 5.75. The number of ether oxygens (including phenoxy) is 1. The van der Waals surface area contributed by atoms with Crippen LogP contribution >= 0.6 is 0 Å². The van der Waals surface area contributed by atoms with Crippen LogP contribution in [0.5, 0.6) is 5.75 Å². The van der Waals surface area contributed by atoms with Crippen LogP contribution in [0.4, 0.5) is 5.82 Å². The van der Waals surface area contributed by atoms with Gasteiger partial charge in [-0.25, -0.2) is 9.97 Å². The second-order valence-electron chi connectivity index (χ2n) is 4.81. The van der Waals surface area contributed by atoms with Crippen LogP contribution < -0.4 is 9.64 Å². The maximum atomic E-state index is 5.75. The lowest BCUT2D eigenvalue weighted by Crippen LogP contribution is -2.37. The molecule has 1 aliphatic rings. The monoisotopic (exact) mass is 256 g/mol. The normalized spacial score (nSPS) is 17.5. The van der Waals surface area contributed by atoms with Crippen LogP contribution in [-0.4, -0.2) is 27.2 Å². The highest BCUT2D eigenvalue weighted by Gasteiger charge is 2.31. The minimum absolute atomic E-state index is 0.0108. The first-order valence-corrected chi connectivity index (χ1v) is 6.40. The number of hydrogen-bond donors (Lipinski definition) is 0. The molecule has 2 aromatic rings. The maximum Gasteiger partial charge on any atom is 0.183 e. The summed E-state index contributed by atoms with van der Waals surface area (Å²) in [6.45, 7) is 6.26. The summed E-state index contributed by atoms with van der Waals surface area (Å²) in [7, 11) is 0. The Morgan fingerprint density at radius 3 is 2.79 bits per heavy atom. The van der Waals surface area contributed by atoms with Crippen molar-refractivity contribution in [2.75, 3.05) is 4.90 Å². The van der Waals surface area contributed by atoms with E-state index >= 15 is 0 Å². The van der Waals surface area contributed by atoms with Crippen LogP contribution in [0.15, 0.2) is 30.6 Å². The van der Waals surface area contributed by atoms with Gasteiger partial charge in [-0.3, -0.25) is 4.98 Å². The number of anilines is 1. The average Bonchev–Trinajstić information content (AvgIpc) is 2.74. The number of pyridine rings is 1. The Kier molecular flexibility index (Phi) is 2.81. The molecule has 0 saturated carbocycles. The molecule has 3 rings (SSSR count). The predicted octanol–water partition coefficient (Wildman–Crippen LogP) is 2.49. The molecule has 3 heterocycles. The van der Waals surface area contributed by atoms with Gasteiger partial charge in [0.1, 0.15) is 5.69 Å². The molecule has 0 N–H and O–H groups in total. The molecular weight excluding hydrogens is 240 g/mol. The minimum Gasteiger partial charge on any atom is -0.465 e. The standard InChI is InChI=1S/C14H16N4O/c1-9(2)18-10(3)19-12-8-16-13(17-14(12)18)11-6-4-5-7-15-11/h4-10H,1-3H3. The smallest absolute Gasteiger partial charge is 0.183 e. The molecule has 0 bridgehead atoms. The van der Waals surface area contributed by atoms with Gasteiger partial charge in [-0.05, 0) is 32.9 Å². The van der Waals surface area contributed by atoms with E-state index in [2.05, 4.69) is 33.7 Å². The quantitative estimate of drug-likeness (QED) is 0.826. The molecule has 0 aliphatic carbocycles. The molecule has 5 nitrogen and oxygen atoms in total. The molecule has 1 aliphatic heterocycles. The maximum absolute atomic E-state index is 5.75. The van der Waals surface area contributed by atoms with E-state index in [-0.39, 0.29) is 6.23 Å². The molecular formula is C14H16N4O. The van der Waals surface area contributed by atoms with Gasteiger partial charge in [0.15, 0.2) is 23.6 Å². The van der Waals surface area contributed by atoms with Crippen molar-refractivity contribution in [1.82, 2.24) is 15.0 Å². The fourth-order valence-electron chi connectivity index (χ4n) is 2.33. The molecule has 19 heavy (non-hydrogen) atoms. The van der Waals surface area contributed by atoms with Crippen LogP contribution in [-0.2, 0) is 0 Å². The molecule has 2 aromatic heterocycles. The van der Waals surface area contributed by atoms with E-state index in [4.69, 9.17) is 4.74 Å². The van der Waals surface area contributed by atoms with Crippen molar-refractivity contribution >= 4 is 5.82 Å². The van der Waals surface area contributed by atoms with Gasteiger partial charge in [-0.15, -0.1) is 0 Å². The molecule has 1 unspecified atom stereocenters. The Bertz CT molecular complexity index is 585. The molecule has 0 fully saturated rings. The Morgan fingerprint density at radius 1 is 1.26 bits per heavy atom. The van der Waals surface area contributed by atoms with Crippen LogP contribution in [0.3, 0.4) is 0 Å². The van der Waals surface area contributed by atoms with Gasteiger partial charge in [-0.1, -0.05) is 6.07 Å². The number of fused-ring (bicyclic) bond motifs is 1. The second kappa shape index (κ2) is 4.50. The Morgan fingerprint density at radius 2 is 2.11 bits per heavy atom. The minimum atomic E-state index is -0.0108. The summed E-state index contributed by atoms with van der Waals surface area (Å²) in [6, 6.07) is 6.03. The number of hydrogen-bond acceptors (Lipinski definition) is 5. The van der Waals surface area contributed by atoms with Crippen molar-refractivity contribution in [3.05, 3.63) is 30.6 Å². The van der Waals surface area contributed by atoms with Crippen molar-refractivity contribution in [2.45, 2.75) is 33.0 Å². The first-order valence-electron chi connectivity index (χ1n) is 6.40. The fourth-order valence-corrected chi connectivity index (χ4v) is 2.33. The molecule has 0 radical (unpaired) electrons. The zero-order valence-electron chi connectivity index (χ0n) is 11.2. The van der Waals surface area contributed by atoms with Gasteiger partial charge < -0.3 is 9.64 Å². The van der Waals surface area contributed by atoms with Crippen molar-refractivity contribution in [3.63, 3.8) is 0 Å². The summed E-state index contributed by atoms with van der Waals surface area (Å²) in [5, 5.41) is 0. The van der Waals surface area contributed by atoms with E-state index in [0.717, 1.165) is 17.3 Å². The van der Waals surface area contributed by atoms with E-state index in [9.17, 15) is 0 Å². The Hall–Kier alpha value is -2.17. The summed E-state index contributed by atoms with van der Waals surface area (Å²) in [6.07, 6.45) is 3.46. The van der Waals surface area contributed by atoms with Gasteiger partial charge in [0, 0.05) is 12.2 Å². The highest BCUT2D eigenvalue weighted by atomic mass is 16.5. The molecule has 0 aromatic carbocycles.